The Balaban J connectivity index is 1.40. The van der Waals surface area contributed by atoms with Gasteiger partial charge in [-0.25, -0.2) is 4.98 Å². The van der Waals surface area contributed by atoms with Crippen molar-refractivity contribution in [3.05, 3.63) is 81.3 Å². The zero-order valence-electron chi connectivity index (χ0n) is 14.2. The zero-order valence-corrected chi connectivity index (χ0v) is 17.3. The van der Waals surface area contributed by atoms with E-state index in [1.54, 1.807) is 24.4 Å². The smallest absolute Gasteiger partial charge is 0.204 e. The highest BCUT2D eigenvalue weighted by Crippen LogP contribution is 2.31. The summed E-state index contributed by atoms with van der Waals surface area (Å²) in [5.74, 6) is 1.21. The molecule has 0 amide bonds. The molecule has 140 valence electrons. The standard InChI is InChI=1S/C20H12Cl3N3OS/c21-13-4-8-18(16(23)9-13)27-15-5-1-12(2-6-15)11-24-26-20-25-17-7-3-14(22)10-19(17)28-20/h1-11H,(H,25,26)/b24-11+. The van der Waals surface area contributed by atoms with Crippen LogP contribution in [-0.4, -0.2) is 11.2 Å². The van der Waals surface area contributed by atoms with Crippen LogP contribution in [0.4, 0.5) is 5.13 Å². The predicted molar refractivity (Wildman–Crippen MR) is 119 cm³/mol. The van der Waals surface area contributed by atoms with Gasteiger partial charge < -0.3 is 4.74 Å². The lowest BCUT2D eigenvalue weighted by atomic mass is 10.2. The molecule has 1 N–H and O–H groups in total. The number of hydrazone groups is 1. The molecular formula is C20H12Cl3N3OS. The van der Waals surface area contributed by atoms with Crippen LogP contribution in [0.3, 0.4) is 0 Å². The van der Waals surface area contributed by atoms with Gasteiger partial charge in [0.2, 0.25) is 5.13 Å². The molecule has 0 spiro atoms. The summed E-state index contributed by atoms with van der Waals surface area (Å²) in [4.78, 5) is 4.45. The van der Waals surface area contributed by atoms with Gasteiger partial charge in [-0.3, -0.25) is 5.43 Å². The number of hydrogen-bond donors (Lipinski definition) is 1. The number of hydrogen-bond acceptors (Lipinski definition) is 5. The molecule has 4 rings (SSSR count). The number of nitrogens with zero attached hydrogens (tertiary/aromatic N) is 2. The Labute approximate surface area is 180 Å². The third-order valence-electron chi connectivity index (χ3n) is 3.73. The van der Waals surface area contributed by atoms with Crippen molar-refractivity contribution in [2.75, 3.05) is 5.43 Å². The Morgan fingerprint density at radius 3 is 2.46 bits per heavy atom. The van der Waals surface area contributed by atoms with E-state index < -0.39 is 0 Å². The summed E-state index contributed by atoms with van der Waals surface area (Å²) in [6.07, 6.45) is 1.71. The minimum Gasteiger partial charge on any atom is -0.456 e. The Kier molecular flexibility index (Phi) is 5.69. The van der Waals surface area contributed by atoms with E-state index in [-0.39, 0.29) is 0 Å². The van der Waals surface area contributed by atoms with Gasteiger partial charge in [0.1, 0.15) is 11.5 Å². The van der Waals surface area contributed by atoms with Crippen molar-refractivity contribution in [2.24, 2.45) is 5.10 Å². The highest BCUT2D eigenvalue weighted by Gasteiger charge is 2.05. The van der Waals surface area contributed by atoms with Gasteiger partial charge in [0.25, 0.3) is 0 Å². The average molecular weight is 449 g/mol. The SMILES string of the molecule is Clc1ccc(Oc2ccc(/C=N/Nc3nc4ccc(Cl)cc4s3)cc2)c(Cl)c1. The Morgan fingerprint density at radius 2 is 1.68 bits per heavy atom. The van der Waals surface area contributed by atoms with Crippen LogP contribution in [0.1, 0.15) is 5.56 Å². The minimum atomic E-state index is 0.458. The first kappa shape index (κ1) is 19.0. The molecule has 0 unspecified atom stereocenters. The van der Waals surface area contributed by atoms with E-state index in [1.807, 2.05) is 42.5 Å². The number of nitrogens with one attached hydrogen (secondary N) is 1. The molecule has 0 saturated heterocycles. The number of anilines is 1. The van der Waals surface area contributed by atoms with Crippen molar-refractivity contribution in [1.29, 1.82) is 0 Å². The van der Waals surface area contributed by atoms with Crippen LogP contribution >= 0.6 is 46.1 Å². The Morgan fingerprint density at radius 1 is 0.929 bits per heavy atom. The number of halogens is 3. The molecule has 3 aromatic carbocycles. The second-order valence-corrected chi connectivity index (χ2v) is 8.06. The zero-order chi connectivity index (χ0) is 19.5. The summed E-state index contributed by atoms with van der Waals surface area (Å²) < 4.78 is 6.77. The molecule has 0 bridgehead atoms. The fraction of sp³-hybridized carbons (Fsp3) is 0. The molecule has 0 aliphatic rings. The average Bonchev–Trinajstić information content (AvgIpc) is 3.07. The molecule has 0 aliphatic carbocycles. The molecule has 0 fully saturated rings. The summed E-state index contributed by atoms with van der Waals surface area (Å²) in [7, 11) is 0. The molecule has 4 aromatic rings. The van der Waals surface area contributed by atoms with Crippen molar-refractivity contribution >= 4 is 67.7 Å². The van der Waals surface area contributed by atoms with Crippen molar-refractivity contribution in [1.82, 2.24) is 4.98 Å². The summed E-state index contributed by atoms with van der Waals surface area (Å²) >= 11 is 19.5. The van der Waals surface area contributed by atoms with Crippen LogP contribution in [0, 0.1) is 0 Å². The molecule has 0 saturated carbocycles. The topological polar surface area (TPSA) is 46.5 Å². The van der Waals surface area contributed by atoms with Crippen molar-refractivity contribution in [2.45, 2.75) is 0 Å². The van der Waals surface area contributed by atoms with E-state index in [9.17, 15) is 0 Å². The van der Waals surface area contributed by atoms with Gasteiger partial charge >= 0.3 is 0 Å². The molecular weight excluding hydrogens is 437 g/mol. The van der Waals surface area contributed by atoms with E-state index in [2.05, 4.69) is 15.5 Å². The van der Waals surface area contributed by atoms with Crippen LogP contribution in [0.15, 0.2) is 65.8 Å². The van der Waals surface area contributed by atoms with Gasteiger partial charge in [-0.1, -0.05) is 46.1 Å². The third kappa shape index (κ3) is 4.56. The van der Waals surface area contributed by atoms with Crippen LogP contribution in [0.25, 0.3) is 10.2 Å². The number of ether oxygens (including phenoxy) is 1. The number of thiazole rings is 1. The first-order chi connectivity index (χ1) is 13.6. The second kappa shape index (κ2) is 8.37. The first-order valence-corrected chi connectivity index (χ1v) is 10.1. The fourth-order valence-electron chi connectivity index (χ4n) is 2.42. The molecule has 4 nitrogen and oxygen atoms in total. The summed E-state index contributed by atoms with van der Waals surface area (Å²) in [6.45, 7) is 0. The van der Waals surface area contributed by atoms with Gasteiger partial charge in [-0.05, 0) is 66.2 Å². The molecule has 0 aliphatic heterocycles. The quantitative estimate of drug-likeness (QED) is 0.254. The maximum Gasteiger partial charge on any atom is 0.204 e. The second-order valence-electron chi connectivity index (χ2n) is 5.75. The predicted octanol–water partition coefficient (Wildman–Crippen LogP) is 7.49. The lowest BCUT2D eigenvalue weighted by molar-refractivity contribution is 0.483. The molecule has 28 heavy (non-hydrogen) atoms. The molecule has 1 aromatic heterocycles. The van der Waals surface area contributed by atoms with Crippen LogP contribution < -0.4 is 10.2 Å². The lowest BCUT2D eigenvalue weighted by Crippen LogP contribution is -1.90. The van der Waals surface area contributed by atoms with Crippen molar-refractivity contribution in [3.8, 4) is 11.5 Å². The Hall–Kier alpha value is -2.31. The normalized spacial score (nSPS) is 11.2. The first-order valence-electron chi connectivity index (χ1n) is 8.15. The van der Waals surface area contributed by atoms with E-state index >= 15 is 0 Å². The molecule has 0 radical (unpaired) electrons. The van der Waals surface area contributed by atoms with Crippen LogP contribution in [-0.2, 0) is 0 Å². The highest BCUT2D eigenvalue weighted by molar-refractivity contribution is 7.22. The molecule has 1 heterocycles. The number of fused-ring (bicyclic) bond motifs is 1. The number of benzene rings is 3. The van der Waals surface area contributed by atoms with Crippen molar-refractivity contribution in [3.63, 3.8) is 0 Å². The Bertz CT molecular complexity index is 1160. The van der Waals surface area contributed by atoms with Gasteiger partial charge in [0.15, 0.2) is 0 Å². The minimum absolute atomic E-state index is 0.458. The lowest BCUT2D eigenvalue weighted by Gasteiger charge is -2.07. The summed E-state index contributed by atoms with van der Waals surface area (Å²) in [6, 6.07) is 18.1. The monoisotopic (exact) mass is 447 g/mol. The highest BCUT2D eigenvalue weighted by atomic mass is 35.5. The summed E-state index contributed by atoms with van der Waals surface area (Å²) in [5.41, 5.74) is 4.73. The maximum atomic E-state index is 6.12. The van der Waals surface area contributed by atoms with E-state index in [0.717, 1.165) is 15.8 Å². The van der Waals surface area contributed by atoms with Gasteiger partial charge in [0.05, 0.1) is 21.5 Å². The van der Waals surface area contributed by atoms with Gasteiger partial charge in [0, 0.05) is 10.0 Å². The largest absolute Gasteiger partial charge is 0.456 e. The van der Waals surface area contributed by atoms with E-state index in [1.165, 1.54) is 11.3 Å². The fourth-order valence-corrected chi connectivity index (χ4v) is 3.95. The van der Waals surface area contributed by atoms with E-state index in [0.29, 0.717) is 31.7 Å². The van der Waals surface area contributed by atoms with Gasteiger partial charge in [-0.2, -0.15) is 5.10 Å². The number of aromatic nitrogens is 1. The molecule has 0 atom stereocenters. The number of rotatable bonds is 5. The molecule has 8 heteroatoms. The van der Waals surface area contributed by atoms with Gasteiger partial charge in [-0.15, -0.1) is 0 Å². The van der Waals surface area contributed by atoms with E-state index in [4.69, 9.17) is 39.5 Å². The van der Waals surface area contributed by atoms with Crippen LogP contribution in [0.2, 0.25) is 15.1 Å². The summed E-state index contributed by atoms with van der Waals surface area (Å²) in [5, 5.41) is 6.64. The van der Waals surface area contributed by atoms with Crippen molar-refractivity contribution < 1.29 is 4.74 Å². The third-order valence-corrected chi connectivity index (χ3v) is 5.41. The maximum absolute atomic E-state index is 6.12. The van der Waals surface area contributed by atoms with Crippen LogP contribution in [0.5, 0.6) is 11.5 Å².